The Kier molecular flexibility index (Phi) is 10.8. The van der Waals surface area contributed by atoms with Crippen LogP contribution >= 0.6 is 0 Å². The van der Waals surface area contributed by atoms with Gasteiger partial charge in [-0.05, 0) is 48.2 Å². The Balaban J connectivity index is 0.000000483. The number of aromatic hydroxyl groups is 2. The monoisotopic (exact) mass is 421 g/mol. The molecule has 1 radical (unpaired) electrons. The van der Waals surface area contributed by atoms with Crippen molar-refractivity contribution in [1.29, 1.82) is 0 Å². The minimum absolute atomic E-state index is 0. The van der Waals surface area contributed by atoms with E-state index in [1.165, 1.54) is 24.3 Å². The molecule has 0 amide bonds. The summed E-state index contributed by atoms with van der Waals surface area (Å²) >= 11 is 0. The molecule has 0 saturated carbocycles. The number of hydrogen-bond acceptors (Lipinski definition) is 6. The zero-order valence-electron chi connectivity index (χ0n) is 14.3. The molecule has 0 aliphatic carbocycles. The molecule has 0 fully saturated rings. The second-order valence-electron chi connectivity index (χ2n) is 5.63. The van der Waals surface area contributed by atoms with Crippen molar-refractivity contribution in [2.75, 3.05) is 0 Å². The van der Waals surface area contributed by atoms with Gasteiger partial charge >= 0.3 is 11.9 Å². The molecule has 0 saturated heterocycles. The van der Waals surface area contributed by atoms with E-state index in [1.54, 1.807) is 24.3 Å². The first-order valence-electron chi connectivity index (χ1n) is 7.71. The summed E-state index contributed by atoms with van der Waals surface area (Å²) in [5.74, 6) is -1.72. The number of aliphatic carboxylic acids is 2. The first-order valence-corrected chi connectivity index (χ1v) is 7.71. The Labute approximate surface area is 166 Å². The van der Waals surface area contributed by atoms with E-state index >= 15 is 0 Å². The summed E-state index contributed by atoms with van der Waals surface area (Å²) in [4.78, 5) is 20.8. The van der Waals surface area contributed by atoms with Gasteiger partial charge in [0.2, 0.25) is 0 Å². The second kappa shape index (κ2) is 11.9. The van der Waals surface area contributed by atoms with Crippen molar-refractivity contribution in [3.8, 4) is 11.5 Å². The van der Waals surface area contributed by atoms with Crippen molar-refractivity contribution in [2.24, 2.45) is 11.5 Å². The van der Waals surface area contributed by atoms with Crippen LogP contribution in [0.3, 0.4) is 0 Å². The standard InChI is InChI=1S/2C9H11NO3.Co/c2*10-8(9(12)13)5-6-1-3-7(11)4-2-6;/h2*1-4,8,11H,5,10H2,(H,12,13);/t2*8-;/m00./s1. The summed E-state index contributed by atoms with van der Waals surface area (Å²) in [5, 5.41) is 35.0. The first-order chi connectivity index (χ1) is 12.2. The number of phenols is 2. The number of benzene rings is 2. The van der Waals surface area contributed by atoms with Crippen LogP contribution in [0.25, 0.3) is 0 Å². The number of carboxylic acid groups (broad SMARTS) is 2. The van der Waals surface area contributed by atoms with Gasteiger partial charge in [-0.3, -0.25) is 9.59 Å². The number of rotatable bonds is 6. The number of nitrogens with two attached hydrogens (primary N) is 2. The maximum Gasteiger partial charge on any atom is 0.320 e. The molecule has 2 aromatic carbocycles. The maximum atomic E-state index is 10.4. The van der Waals surface area contributed by atoms with Crippen molar-refractivity contribution < 1.29 is 46.8 Å². The summed E-state index contributed by atoms with van der Waals surface area (Å²) in [5.41, 5.74) is 12.2. The van der Waals surface area contributed by atoms with Crippen LogP contribution in [0.1, 0.15) is 11.1 Å². The fourth-order valence-electron chi connectivity index (χ4n) is 1.95. The van der Waals surface area contributed by atoms with Crippen LogP contribution in [-0.4, -0.2) is 44.4 Å². The molecule has 0 aromatic heterocycles. The number of carboxylic acids is 2. The molecule has 2 atom stereocenters. The summed E-state index contributed by atoms with van der Waals surface area (Å²) in [6.45, 7) is 0. The van der Waals surface area contributed by atoms with Gasteiger partial charge in [-0.1, -0.05) is 24.3 Å². The summed E-state index contributed by atoms with van der Waals surface area (Å²) in [7, 11) is 0. The Hall–Kier alpha value is -2.59. The van der Waals surface area contributed by atoms with Gasteiger partial charge in [-0.2, -0.15) is 0 Å². The predicted molar refractivity (Wildman–Crippen MR) is 94.8 cm³/mol. The van der Waals surface area contributed by atoms with Crippen molar-refractivity contribution in [1.82, 2.24) is 0 Å². The quantitative estimate of drug-likeness (QED) is 0.396. The van der Waals surface area contributed by atoms with E-state index < -0.39 is 24.0 Å². The average molecular weight is 421 g/mol. The van der Waals surface area contributed by atoms with E-state index in [-0.39, 0.29) is 41.1 Å². The number of carbonyl (C=O) groups is 2. The van der Waals surface area contributed by atoms with E-state index in [0.717, 1.165) is 11.1 Å². The molecule has 8 nitrogen and oxygen atoms in total. The first kappa shape index (κ1) is 24.4. The van der Waals surface area contributed by atoms with Gasteiger partial charge in [0.25, 0.3) is 0 Å². The molecule has 0 unspecified atom stereocenters. The average Bonchev–Trinajstić information content (AvgIpc) is 2.59. The molecule has 2 rings (SSSR count). The Morgan fingerprint density at radius 2 is 0.963 bits per heavy atom. The van der Waals surface area contributed by atoms with E-state index in [0.29, 0.717) is 0 Å². The number of hydrogen-bond donors (Lipinski definition) is 6. The van der Waals surface area contributed by atoms with E-state index in [9.17, 15) is 9.59 Å². The van der Waals surface area contributed by atoms with Crippen LogP contribution < -0.4 is 11.5 Å². The Morgan fingerprint density at radius 1 is 0.704 bits per heavy atom. The van der Waals surface area contributed by atoms with E-state index in [2.05, 4.69) is 0 Å². The second-order valence-corrected chi connectivity index (χ2v) is 5.63. The molecule has 149 valence electrons. The van der Waals surface area contributed by atoms with E-state index in [1.807, 2.05) is 0 Å². The van der Waals surface area contributed by atoms with Crippen LogP contribution in [-0.2, 0) is 39.2 Å². The third kappa shape index (κ3) is 9.61. The summed E-state index contributed by atoms with van der Waals surface area (Å²) < 4.78 is 0. The SMILES string of the molecule is N[C@@H](Cc1ccc(O)cc1)C(=O)O.N[C@@H](Cc1ccc(O)cc1)C(=O)O.[Co]. The summed E-state index contributed by atoms with van der Waals surface area (Å²) in [6.07, 6.45) is 0.547. The molecule has 27 heavy (non-hydrogen) atoms. The third-order valence-electron chi connectivity index (χ3n) is 3.42. The van der Waals surface area contributed by atoms with Crippen LogP contribution in [0.4, 0.5) is 0 Å². The molecule has 0 spiro atoms. The van der Waals surface area contributed by atoms with Gasteiger partial charge in [0.1, 0.15) is 23.6 Å². The molecule has 0 aliphatic rings. The normalized spacial score (nSPS) is 11.9. The third-order valence-corrected chi connectivity index (χ3v) is 3.42. The van der Waals surface area contributed by atoms with Crippen molar-refractivity contribution in [3.05, 3.63) is 59.7 Å². The van der Waals surface area contributed by atoms with Crippen molar-refractivity contribution >= 4 is 11.9 Å². The van der Waals surface area contributed by atoms with Crippen LogP contribution in [0.2, 0.25) is 0 Å². The van der Waals surface area contributed by atoms with Crippen LogP contribution in [0, 0.1) is 0 Å². The molecular weight excluding hydrogens is 399 g/mol. The molecule has 0 heterocycles. The predicted octanol–water partition coefficient (Wildman–Crippen LogP) is 0.691. The Morgan fingerprint density at radius 3 is 1.19 bits per heavy atom. The molecule has 0 aliphatic heterocycles. The van der Waals surface area contributed by atoms with Crippen molar-refractivity contribution in [2.45, 2.75) is 24.9 Å². The van der Waals surface area contributed by atoms with Gasteiger partial charge < -0.3 is 31.9 Å². The maximum absolute atomic E-state index is 10.4. The molecule has 9 heteroatoms. The van der Waals surface area contributed by atoms with Gasteiger partial charge in [0.05, 0.1) is 0 Å². The summed E-state index contributed by atoms with van der Waals surface area (Å²) in [6, 6.07) is 10.8. The molecule has 2 aromatic rings. The minimum atomic E-state index is -1.02. The zero-order valence-corrected chi connectivity index (χ0v) is 15.3. The molecule has 8 N–H and O–H groups in total. The smallest absolute Gasteiger partial charge is 0.320 e. The number of phenolic OH excluding ortho intramolecular Hbond substituents is 2. The van der Waals surface area contributed by atoms with Crippen LogP contribution in [0.5, 0.6) is 11.5 Å². The minimum Gasteiger partial charge on any atom is -0.508 e. The van der Waals surface area contributed by atoms with Gasteiger partial charge in [0, 0.05) is 16.8 Å². The largest absolute Gasteiger partial charge is 0.508 e. The fraction of sp³-hybridized carbons (Fsp3) is 0.222. The molecular formula is C18H22CoN2O6. The van der Waals surface area contributed by atoms with Gasteiger partial charge in [0.15, 0.2) is 0 Å². The Bertz CT molecular complexity index is 658. The zero-order chi connectivity index (χ0) is 19.7. The topological polar surface area (TPSA) is 167 Å². The fourth-order valence-corrected chi connectivity index (χ4v) is 1.95. The van der Waals surface area contributed by atoms with Crippen molar-refractivity contribution in [3.63, 3.8) is 0 Å². The van der Waals surface area contributed by atoms with E-state index in [4.69, 9.17) is 31.9 Å². The molecule has 0 bridgehead atoms. The van der Waals surface area contributed by atoms with Crippen LogP contribution in [0.15, 0.2) is 48.5 Å². The van der Waals surface area contributed by atoms with Gasteiger partial charge in [-0.25, -0.2) is 0 Å². The van der Waals surface area contributed by atoms with Gasteiger partial charge in [-0.15, -0.1) is 0 Å².